The van der Waals surface area contributed by atoms with E-state index in [4.69, 9.17) is 9.47 Å². The van der Waals surface area contributed by atoms with Crippen molar-refractivity contribution in [1.29, 1.82) is 0 Å². The van der Waals surface area contributed by atoms with Crippen LogP contribution in [0.3, 0.4) is 0 Å². The molecule has 1 aromatic heterocycles. The van der Waals surface area contributed by atoms with Crippen molar-refractivity contribution in [3.05, 3.63) is 65.2 Å². The molecule has 2 amide bonds. The van der Waals surface area contributed by atoms with Crippen molar-refractivity contribution in [1.82, 2.24) is 10.3 Å². The topological polar surface area (TPSA) is 127 Å². The van der Waals surface area contributed by atoms with Crippen LogP contribution in [0.25, 0.3) is 10.2 Å². The Hall–Kier alpha value is -3.76. The third kappa shape index (κ3) is 10.6. The lowest BCUT2D eigenvalue weighted by molar-refractivity contribution is -0.155. The first-order chi connectivity index (χ1) is 22.7. The number of carbonyl (C=O) groups excluding carboxylic acids is 3. The number of aryl methyl sites for hydroxylation is 1. The lowest BCUT2D eigenvalue weighted by Crippen LogP contribution is -2.44. The average molecular weight is 664 g/mol. The zero-order valence-electron chi connectivity index (χ0n) is 28.0. The first-order valence-electron chi connectivity index (χ1n) is 16.7. The first kappa shape index (κ1) is 36.1. The van der Waals surface area contributed by atoms with E-state index in [-0.39, 0.29) is 41.9 Å². The number of rotatable bonds is 5. The number of aromatic hydroxyl groups is 1. The number of phenolic OH excluding ortho intramolecular Hbond substituents is 1. The Bertz CT molecular complexity index is 1500. The number of carbonyl (C=O) groups is 3. The fourth-order valence-corrected chi connectivity index (χ4v) is 7.04. The number of amides is 2. The highest BCUT2D eigenvalue weighted by Crippen LogP contribution is 2.38. The minimum absolute atomic E-state index is 0.0155. The van der Waals surface area contributed by atoms with Gasteiger partial charge in [-0.2, -0.15) is 0 Å². The summed E-state index contributed by atoms with van der Waals surface area (Å²) in [5.74, 6) is -0.731. The van der Waals surface area contributed by atoms with Crippen LogP contribution in [-0.4, -0.2) is 53.2 Å². The number of ether oxygens (including phenoxy) is 2. The lowest BCUT2D eigenvalue weighted by atomic mass is 9.88. The Kier molecular flexibility index (Phi) is 13.8. The van der Waals surface area contributed by atoms with Gasteiger partial charge in [-0.1, -0.05) is 74.3 Å². The quantitative estimate of drug-likeness (QED) is 0.174. The number of benzene rings is 1. The first-order valence-corrected chi connectivity index (χ1v) is 17.6. The number of aromatic nitrogens is 1. The van der Waals surface area contributed by atoms with Gasteiger partial charge in [0.25, 0.3) is 0 Å². The van der Waals surface area contributed by atoms with E-state index in [1.165, 1.54) is 11.3 Å². The summed E-state index contributed by atoms with van der Waals surface area (Å²) in [5, 5.41) is 16.9. The molecule has 47 heavy (non-hydrogen) atoms. The van der Waals surface area contributed by atoms with Gasteiger partial charge >= 0.3 is 5.97 Å². The van der Waals surface area contributed by atoms with E-state index in [1.807, 2.05) is 30.4 Å². The van der Waals surface area contributed by atoms with Gasteiger partial charge in [-0.05, 0) is 57.9 Å². The Morgan fingerprint density at radius 1 is 1.13 bits per heavy atom. The number of anilines is 1. The van der Waals surface area contributed by atoms with E-state index in [0.717, 1.165) is 53.5 Å². The highest BCUT2D eigenvalue weighted by molar-refractivity contribution is 7.17. The highest BCUT2D eigenvalue weighted by Gasteiger charge is 2.28. The maximum absolute atomic E-state index is 13.2. The van der Waals surface area contributed by atoms with Gasteiger partial charge in [0.1, 0.15) is 17.9 Å². The molecule has 1 fully saturated rings. The molecule has 0 saturated heterocycles. The van der Waals surface area contributed by atoms with Crippen molar-refractivity contribution in [2.75, 3.05) is 12.4 Å². The van der Waals surface area contributed by atoms with Crippen LogP contribution in [0.1, 0.15) is 84.1 Å². The SMILES string of the molecule is COC1/C=C/C=C/C=C/CC(OC(=O)C(C)NC(=O)C2CCCCC2)C(C)C/C(C)=C\CCc2c(O)c(cc3ncsc23)NC(=O)C1. The molecule has 1 aliphatic heterocycles. The second-order valence-electron chi connectivity index (χ2n) is 12.7. The molecule has 2 aliphatic rings. The Morgan fingerprint density at radius 3 is 2.66 bits per heavy atom. The molecule has 2 aromatic rings. The van der Waals surface area contributed by atoms with Gasteiger partial charge in [0.05, 0.1) is 33.9 Å². The van der Waals surface area contributed by atoms with Crippen molar-refractivity contribution in [3.63, 3.8) is 0 Å². The van der Waals surface area contributed by atoms with Crippen molar-refractivity contribution < 1.29 is 29.0 Å². The van der Waals surface area contributed by atoms with Gasteiger partial charge in [-0.3, -0.25) is 9.59 Å². The molecule has 4 atom stereocenters. The van der Waals surface area contributed by atoms with E-state index < -0.39 is 18.1 Å². The van der Waals surface area contributed by atoms with Gasteiger partial charge in [0.15, 0.2) is 0 Å². The number of hydrogen-bond acceptors (Lipinski definition) is 8. The minimum atomic E-state index is -0.727. The summed E-state index contributed by atoms with van der Waals surface area (Å²) < 4.78 is 12.4. The van der Waals surface area contributed by atoms with Gasteiger partial charge in [0.2, 0.25) is 11.8 Å². The summed E-state index contributed by atoms with van der Waals surface area (Å²) in [6, 6.07) is 0.978. The maximum atomic E-state index is 13.2. The Balaban J connectivity index is 1.52. The van der Waals surface area contributed by atoms with E-state index in [9.17, 15) is 19.5 Å². The minimum Gasteiger partial charge on any atom is -0.505 e. The molecule has 1 aromatic carbocycles. The molecule has 10 heteroatoms. The van der Waals surface area contributed by atoms with Gasteiger partial charge < -0.3 is 25.2 Å². The Labute approximate surface area is 282 Å². The molecule has 4 rings (SSSR count). The van der Waals surface area contributed by atoms with Gasteiger partial charge in [-0.15, -0.1) is 11.3 Å². The number of methoxy groups -OCH3 is 1. The zero-order valence-corrected chi connectivity index (χ0v) is 28.8. The number of nitrogens with zero attached hydrogens (tertiary/aromatic N) is 1. The lowest BCUT2D eigenvalue weighted by Gasteiger charge is -2.27. The number of phenols is 1. The third-order valence-electron chi connectivity index (χ3n) is 8.94. The molecule has 2 heterocycles. The molecule has 1 aliphatic carbocycles. The molecular weight excluding hydrogens is 614 g/mol. The summed E-state index contributed by atoms with van der Waals surface area (Å²) in [6.45, 7) is 5.83. The molecule has 1 saturated carbocycles. The largest absolute Gasteiger partial charge is 0.505 e. The van der Waals surface area contributed by atoms with Crippen LogP contribution in [0.5, 0.6) is 5.75 Å². The van der Waals surface area contributed by atoms with Crippen LogP contribution < -0.4 is 10.6 Å². The molecule has 0 spiro atoms. The summed E-state index contributed by atoms with van der Waals surface area (Å²) in [6.07, 6.45) is 20.0. The van der Waals surface area contributed by atoms with Gasteiger partial charge in [-0.25, -0.2) is 9.78 Å². The normalized spacial score (nSPS) is 26.1. The van der Waals surface area contributed by atoms with Crippen LogP contribution in [0, 0.1) is 11.8 Å². The summed E-state index contributed by atoms with van der Waals surface area (Å²) in [7, 11) is 1.55. The number of allylic oxidation sites excluding steroid dienone is 6. The van der Waals surface area contributed by atoms with Crippen LogP contribution in [0.15, 0.2) is 59.7 Å². The van der Waals surface area contributed by atoms with Crippen molar-refractivity contribution in [3.8, 4) is 5.75 Å². The van der Waals surface area contributed by atoms with Crippen molar-refractivity contribution in [2.45, 2.75) is 103 Å². The van der Waals surface area contributed by atoms with E-state index in [0.29, 0.717) is 31.4 Å². The molecule has 3 N–H and O–H groups in total. The average Bonchev–Trinajstić information content (AvgIpc) is 3.52. The van der Waals surface area contributed by atoms with E-state index in [2.05, 4.69) is 35.5 Å². The highest BCUT2D eigenvalue weighted by atomic mass is 32.1. The molecule has 254 valence electrons. The second-order valence-corrected chi connectivity index (χ2v) is 13.6. The number of thiazole rings is 1. The maximum Gasteiger partial charge on any atom is 0.328 e. The molecular formula is C37H49N3O6S. The fraction of sp³-hybridized carbons (Fsp3) is 0.514. The second kappa shape index (κ2) is 18.0. The molecule has 4 unspecified atom stereocenters. The summed E-state index contributed by atoms with van der Waals surface area (Å²) in [4.78, 5) is 43.3. The zero-order chi connectivity index (χ0) is 33.8. The Morgan fingerprint density at radius 2 is 1.89 bits per heavy atom. The summed E-state index contributed by atoms with van der Waals surface area (Å²) >= 11 is 1.46. The number of hydrogen-bond donors (Lipinski definition) is 3. The molecule has 2 bridgehead atoms. The summed E-state index contributed by atoms with van der Waals surface area (Å²) in [5.41, 5.74) is 4.69. The predicted molar refractivity (Wildman–Crippen MR) is 187 cm³/mol. The third-order valence-corrected chi connectivity index (χ3v) is 9.84. The molecule has 9 nitrogen and oxygen atoms in total. The van der Waals surface area contributed by atoms with E-state index in [1.54, 1.807) is 31.7 Å². The van der Waals surface area contributed by atoms with Crippen LogP contribution >= 0.6 is 11.3 Å². The van der Waals surface area contributed by atoms with Crippen LogP contribution in [0.2, 0.25) is 0 Å². The van der Waals surface area contributed by atoms with Crippen molar-refractivity contribution in [2.24, 2.45) is 11.8 Å². The smallest absolute Gasteiger partial charge is 0.328 e. The van der Waals surface area contributed by atoms with Crippen LogP contribution in [0.4, 0.5) is 5.69 Å². The van der Waals surface area contributed by atoms with Crippen molar-refractivity contribution >= 4 is 45.0 Å². The van der Waals surface area contributed by atoms with E-state index >= 15 is 0 Å². The fourth-order valence-electron chi connectivity index (χ4n) is 6.20. The number of fused-ring (bicyclic) bond motifs is 4. The monoisotopic (exact) mass is 663 g/mol. The predicted octanol–water partition coefficient (Wildman–Crippen LogP) is 7.32. The number of nitrogens with one attached hydrogen (secondary N) is 2. The molecule has 0 radical (unpaired) electrons. The number of esters is 1. The van der Waals surface area contributed by atoms with Crippen LogP contribution in [-0.2, 0) is 30.3 Å². The standard InChI is InChI=1S/C37H49N3O6S/c1-24-14-13-18-29-34(42)30(22-31-35(29)47-23-38-31)40-33(41)21-28(45-4)17-11-6-5-7-12-19-32(25(2)20-24)46-37(44)26(3)39-36(43)27-15-9-8-10-16-27/h5-7,11-12,14,17,22-23,25-28,32,42H,8-10,13,15-16,18-21H2,1-4H3,(H,39,43)(H,40,41)/b6-5+,12-7+,17-11+,24-14-. The van der Waals surface area contributed by atoms with Gasteiger partial charge in [0, 0.05) is 25.0 Å².